The predicted octanol–water partition coefficient (Wildman–Crippen LogP) is 2.84. The van der Waals surface area contributed by atoms with Gasteiger partial charge in [-0.25, -0.2) is 0 Å². The Morgan fingerprint density at radius 1 is 1.47 bits per heavy atom. The summed E-state index contributed by atoms with van der Waals surface area (Å²) in [5.74, 6) is 2.74. The molecule has 0 saturated heterocycles. The lowest BCUT2D eigenvalue weighted by molar-refractivity contribution is -0.117. The summed E-state index contributed by atoms with van der Waals surface area (Å²) in [6.45, 7) is 3.52. The molecule has 0 fully saturated rings. The lowest BCUT2D eigenvalue weighted by atomic mass is 10.2. The number of rotatable bonds is 6. The third-order valence-corrected chi connectivity index (χ3v) is 3.95. The van der Waals surface area contributed by atoms with Crippen molar-refractivity contribution in [3.63, 3.8) is 0 Å². The summed E-state index contributed by atoms with van der Waals surface area (Å²) in [7, 11) is 1.94. The van der Waals surface area contributed by atoms with Crippen molar-refractivity contribution in [2.45, 2.75) is 31.8 Å². The second kappa shape index (κ2) is 6.06. The highest BCUT2D eigenvalue weighted by atomic mass is 32.2. The number of ketones is 1. The van der Waals surface area contributed by atoms with Gasteiger partial charge < -0.3 is 13.8 Å². The van der Waals surface area contributed by atoms with E-state index in [1.807, 2.05) is 24.6 Å². The van der Waals surface area contributed by atoms with Crippen molar-refractivity contribution in [1.29, 1.82) is 0 Å². The molecule has 2 aromatic heterocycles. The quantitative estimate of drug-likeness (QED) is 0.601. The molecule has 2 rings (SSSR count). The zero-order valence-corrected chi connectivity index (χ0v) is 12.2. The van der Waals surface area contributed by atoms with Gasteiger partial charge in [-0.05, 0) is 26.3 Å². The van der Waals surface area contributed by atoms with E-state index >= 15 is 0 Å². The standard InChI is InChI=1S/C13H17N3O2S/c1-9(17)5-4-8-19-13-15-14-12(16(13)3)11-6-7-18-10(11)2/h6-7H,4-5,8H2,1-3H3. The topological polar surface area (TPSA) is 60.9 Å². The molecule has 0 unspecified atom stereocenters. The first-order valence-electron chi connectivity index (χ1n) is 6.15. The fourth-order valence-electron chi connectivity index (χ4n) is 1.78. The summed E-state index contributed by atoms with van der Waals surface area (Å²) >= 11 is 1.62. The normalized spacial score (nSPS) is 10.9. The third-order valence-electron chi connectivity index (χ3n) is 2.84. The van der Waals surface area contributed by atoms with Crippen molar-refractivity contribution in [1.82, 2.24) is 14.8 Å². The van der Waals surface area contributed by atoms with E-state index in [1.165, 1.54) is 0 Å². The zero-order valence-electron chi connectivity index (χ0n) is 11.3. The van der Waals surface area contributed by atoms with Crippen LogP contribution < -0.4 is 0 Å². The molecule has 0 amide bonds. The van der Waals surface area contributed by atoms with Crippen LogP contribution in [-0.2, 0) is 11.8 Å². The van der Waals surface area contributed by atoms with E-state index in [9.17, 15) is 4.79 Å². The fourth-order valence-corrected chi connectivity index (χ4v) is 2.63. The summed E-state index contributed by atoms with van der Waals surface area (Å²) < 4.78 is 7.24. The van der Waals surface area contributed by atoms with E-state index in [1.54, 1.807) is 24.9 Å². The van der Waals surface area contributed by atoms with Crippen LogP contribution >= 0.6 is 11.8 Å². The van der Waals surface area contributed by atoms with Gasteiger partial charge in [0.1, 0.15) is 11.5 Å². The Morgan fingerprint density at radius 2 is 2.26 bits per heavy atom. The Balaban J connectivity index is 2.03. The van der Waals surface area contributed by atoms with Crippen LogP contribution in [0.15, 0.2) is 21.9 Å². The SMILES string of the molecule is CC(=O)CCCSc1nnc(-c2ccoc2C)n1C. The van der Waals surface area contributed by atoms with E-state index in [-0.39, 0.29) is 5.78 Å². The number of aromatic nitrogens is 3. The van der Waals surface area contributed by atoms with Crippen LogP contribution in [0.3, 0.4) is 0 Å². The van der Waals surface area contributed by atoms with Crippen LogP contribution in [0.2, 0.25) is 0 Å². The molecule has 0 bridgehead atoms. The number of hydrogen-bond donors (Lipinski definition) is 0. The molecule has 2 aromatic rings. The largest absolute Gasteiger partial charge is 0.469 e. The maximum absolute atomic E-state index is 10.9. The molecule has 0 saturated carbocycles. The fraction of sp³-hybridized carbons (Fsp3) is 0.462. The van der Waals surface area contributed by atoms with E-state index in [2.05, 4.69) is 10.2 Å². The minimum Gasteiger partial charge on any atom is -0.469 e. The van der Waals surface area contributed by atoms with Crippen molar-refractivity contribution < 1.29 is 9.21 Å². The summed E-state index contributed by atoms with van der Waals surface area (Å²) in [6.07, 6.45) is 3.14. The molecule has 0 aliphatic heterocycles. The average Bonchev–Trinajstić information content (AvgIpc) is 2.92. The third kappa shape index (κ3) is 3.26. The summed E-state index contributed by atoms with van der Waals surface area (Å²) in [4.78, 5) is 10.9. The van der Waals surface area contributed by atoms with Crippen molar-refractivity contribution in [2.75, 3.05) is 5.75 Å². The monoisotopic (exact) mass is 279 g/mol. The maximum atomic E-state index is 10.9. The highest BCUT2D eigenvalue weighted by Crippen LogP contribution is 2.26. The van der Waals surface area contributed by atoms with Crippen LogP contribution in [0.4, 0.5) is 0 Å². The van der Waals surface area contributed by atoms with Gasteiger partial charge in [-0.15, -0.1) is 10.2 Å². The summed E-state index contributed by atoms with van der Waals surface area (Å²) in [6, 6.07) is 1.89. The van der Waals surface area contributed by atoms with Crippen molar-refractivity contribution in [3.8, 4) is 11.4 Å². The van der Waals surface area contributed by atoms with Crippen molar-refractivity contribution in [3.05, 3.63) is 18.1 Å². The Labute approximate surface area is 116 Å². The first-order valence-corrected chi connectivity index (χ1v) is 7.14. The van der Waals surface area contributed by atoms with E-state index in [0.29, 0.717) is 6.42 Å². The molecule has 102 valence electrons. The Morgan fingerprint density at radius 3 is 2.89 bits per heavy atom. The highest BCUT2D eigenvalue weighted by molar-refractivity contribution is 7.99. The Kier molecular flexibility index (Phi) is 4.42. The van der Waals surface area contributed by atoms with Crippen LogP contribution in [-0.4, -0.2) is 26.3 Å². The molecule has 5 nitrogen and oxygen atoms in total. The molecule has 2 heterocycles. The molecular weight excluding hydrogens is 262 g/mol. The second-order valence-electron chi connectivity index (χ2n) is 4.41. The highest BCUT2D eigenvalue weighted by Gasteiger charge is 2.14. The number of nitrogens with zero attached hydrogens (tertiary/aromatic N) is 3. The van der Waals surface area contributed by atoms with E-state index in [4.69, 9.17) is 4.42 Å². The maximum Gasteiger partial charge on any atom is 0.191 e. The molecular formula is C13H17N3O2S. The van der Waals surface area contributed by atoms with Gasteiger partial charge in [-0.2, -0.15) is 0 Å². The molecule has 0 aliphatic rings. The Bertz CT molecular complexity index is 574. The van der Waals surface area contributed by atoms with E-state index < -0.39 is 0 Å². The number of aryl methyl sites for hydroxylation is 1. The second-order valence-corrected chi connectivity index (χ2v) is 5.47. The molecule has 6 heteroatoms. The predicted molar refractivity (Wildman–Crippen MR) is 74.1 cm³/mol. The number of carbonyl (C=O) groups excluding carboxylic acids is 1. The molecule has 19 heavy (non-hydrogen) atoms. The van der Waals surface area contributed by atoms with Crippen molar-refractivity contribution >= 4 is 17.5 Å². The lowest BCUT2D eigenvalue weighted by Gasteiger charge is -2.02. The first-order chi connectivity index (χ1) is 9.09. The van der Waals surface area contributed by atoms with Gasteiger partial charge in [0, 0.05) is 19.2 Å². The first kappa shape index (κ1) is 13.9. The Hall–Kier alpha value is -1.56. The molecule has 0 aliphatic carbocycles. The number of hydrogen-bond acceptors (Lipinski definition) is 5. The zero-order chi connectivity index (χ0) is 13.8. The summed E-state index contributed by atoms with van der Waals surface area (Å²) in [5, 5.41) is 9.24. The van der Waals surface area contributed by atoms with Gasteiger partial charge >= 0.3 is 0 Å². The van der Waals surface area contributed by atoms with Gasteiger partial charge in [0.25, 0.3) is 0 Å². The van der Waals surface area contributed by atoms with Gasteiger partial charge in [-0.3, -0.25) is 0 Å². The molecule has 0 spiro atoms. The molecule has 0 radical (unpaired) electrons. The van der Waals surface area contributed by atoms with Crippen molar-refractivity contribution in [2.24, 2.45) is 7.05 Å². The van der Waals surface area contributed by atoms with E-state index in [0.717, 1.165) is 34.5 Å². The smallest absolute Gasteiger partial charge is 0.191 e. The van der Waals surface area contributed by atoms with Crippen LogP contribution in [0.25, 0.3) is 11.4 Å². The van der Waals surface area contributed by atoms with Crippen LogP contribution in [0, 0.1) is 6.92 Å². The van der Waals surface area contributed by atoms with Crippen LogP contribution in [0.1, 0.15) is 25.5 Å². The minimum atomic E-state index is 0.230. The lowest BCUT2D eigenvalue weighted by Crippen LogP contribution is -1.96. The summed E-state index contributed by atoms with van der Waals surface area (Å²) in [5.41, 5.74) is 0.964. The number of Topliss-reactive ketones (excluding diaryl/α,β-unsaturated/α-hetero) is 1. The number of carbonyl (C=O) groups is 1. The van der Waals surface area contributed by atoms with Gasteiger partial charge in [0.2, 0.25) is 0 Å². The molecule has 0 atom stereocenters. The number of thioether (sulfide) groups is 1. The minimum absolute atomic E-state index is 0.230. The van der Waals surface area contributed by atoms with Gasteiger partial charge in [0.05, 0.1) is 11.8 Å². The van der Waals surface area contributed by atoms with Gasteiger partial charge in [-0.1, -0.05) is 11.8 Å². The average molecular weight is 279 g/mol. The number of furan rings is 1. The molecule has 0 N–H and O–H groups in total. The van der Waals surface area contributed by atoms with Gasteiger partial charge in [0.15, 0.2) is 11.0 Å². The van der Waals surface area contributed by atoms with Crippen LogP contribution in [0.5, 0.6) is 0 Å². The molecule has 0 aromatic carbocycles.